The Hall–Kier alpha value is -1.51. The second-order valence-corrected chi connectivity index (χ2v) is 3.96. The predicted molar refractivity (Wildman–Crippen MR) is 60.3 cm³/mol. The van der Waals surface area contributed by atoms with Gasteiger partial charge >= 0.3 is 0 Å². The minimum absolute atomic E-state index is 0.101. The molecule has 1 aromatic carbocycles. The molecule has 0 bridgehead atoms. The molecule has 1 aromatic rings. The van der Waals surface area contributed by atoms with Crippen LogP contribution in [-0.2, 0) is 0 Å². The summed E-state index contributed by atoms with van der Waals surface area (Å²) in [5, 5.41) is 12.1. The van der Waals surface area contributed by atoms with E-state index >= 15 is 0 Å². The molecule has 0 fully saturated rings. The lowest BCUT2D eigenvalue weighted by Gasteiger charge is -2.14. The summed E-state index contributed by atoms with van der Waals surface area (Å²) < 4.78 is 0. The number of hydrogen-bond acceptors (Lipinski definition) is 2. The standard InChI is InChI=1S/C12H17NO2/c1-7(2)10-6-9(14)5-8(3)11(10)12(15)13-4/h5-7,14H,1-4H3,(H,13,15). The molecule has 2 N–H and O–H groups in total. The fourth-order valence-electron chi connectivity index (χ4n) is 1.69. The summed E-state index contributed by atoms with van der Waals surface area (Å²) in [6.45, 7) is 5.83. The summed E-state index contributed by atoms with van der Waals surface area (Å²) >= 11 is 0. The van der Waals surface area contributed by atoms with Gasteiger partial charge in [-0.3, -0.25) is 4.79 Å². The van der Waals surface area contributed by atoms with Crippen LogP contribution >= 0.6 is 0 Å². The van der Waals surface area contributed by atoms with Crippen molar-refractivity contribution in [3.05, 3.63) is 28.8 Å². The molecule has 0 aromatic heterocycles. The van der Waals surface area contributed by atoms with E-state index < -0.39 is 0 Å². The molecule has 0 aliphatic heterocycles. The third-order valence-electron chi connectivity index (χ3n) is 2.43. The zero-order valence-electron chi connectivity index (χ0n) is 9.59. The highest BCUT2D eigenvalue weighted by atomic mass is 16.3. The molecule has 1 amide bonds. The van der Waals surface area contributed by atoms with Gasteiger partial charge in [0, 0.05) is 12.6 Å². The lowest BCUT2D eigenvalue weighted by Crippen LogP contribution is -2.21. The predicted octanol–water partition coefficient (Wildman–Crippen LogP) is 2.18. The Labute approximate surface area is 90.1 Å². The third kappa shape index (κ3) is 2.29. The van der Waals surface area contributed by atoms with Gasteiger partial charge in [0.2, 0.25) is 0 Å². The summed E-state index contributed by atoms with van der Waals surface area (Å²) in [7, 11) is 1.61. The number of hydrogen-bond donors (Lipinski definition) is 2. The number of benzene rings is 1. The van der Waals surface area contributed by atoms with Gasteiger partial charge in [-0.15, -0.1) is 0 Å². The van der Waals surface area contributed by atoms with Gasteiger partial charge in [0.1, 0.15) is 5.75 Å². The zero-order valence-corrected chi connectivity index (χ0v) is 9.59. The number of amides is 1. The van der Waals surface area contributed by atoms with E-state index in [1.54, 1.807) is 19.2 Å². The van der Waals surface area contributed by atoms with E-state index in [-0.39, 0.29) is 17.6 Å². The first kappa shape index (κ1) is 11.6. The maximum Gasteiger partial charge on any atom is 0.251 e. The first-order chi connectivity index (χ1) is 6.97. The van der Waals surface area contributed by atoms with E-state index in [0.29, 0.717) is 5.56 Å². The molecule has 82 valence electrons. The van der Waals surface area contributed by atoms with Crippen molar-refractivity contribution in [2.45, 2.75) is 26.7 Å². The fraction of sp³-hybridized carbons (Fsp3) is 0.417. The Kier molecular flexibility index (Phi) is 3.35. The molecule has 15 heavy (non-hydrogen) atoms. The Morgan fingerprint density at radius 3 is 2.47 bits per heavy atom. The largest absolute Gasteiger partial charge is 0.508 e. The van der Waals surface area contributed by atoms with Crippen LogP contribution in [0.1, 0.15) is 41.3 Å². The molecule has 0 radical (unpaired) electrons. The van der Waals surface area contributed by atoms with Gasteiger partial charge in [-0.05, 0) is 36.1 Å². The van der Waals surface area contributed by atoms with E-state index in [1.165, 1.54) is 0 Å². The summed E-state index contributed by atoms with van der Waals surface area (Å²) in [6.07, 6.45) is 0. The number of carbonyl (C=O) groups is 1. The molecule has 0 aliphatic rings. The summed E-state index contributed by atoms with van der Waals surface area (Å²) in [5.41, 5.74) is 2.36. The Balaban J connectivity index is 3.40. The number of nitrogens with one attached hydrogen (secondary N) is 1. The molecule has 0 saturated carbocycles. The normalized spacial score (nSPS) is 10.5. The third-order valence-corrected chi connectivity index (χ3v) is 2.43. The molecule has 0 unspecified atom stereocenters. The second-order valence-electron chi connectivity index (χ2n) is 3.96. The van der Waals surface area contributed by atoms with Crippen LogP contribution in [0.25, 0.3) is 0 Å². The molecular weight excluding hydrogens is 190 g/mol. The van der Waals surface area contributed by atoms with Gasteiger partial charge in [-0.2, -0.15) is 0 Å². The van der Waals surface area contributed by atoms with Crippen LogP contribution in [0.3, 0.4) is 0 Å². The maximum absolute atomic E-state index is 11.7. The fourth-order valence-corrected chi connectivity index (χ4v) is 1.69. The lowest BCUT2D eigenvalue weighted by atomic mass is 9.93. The van der Waals surface area contributed by atoms with Gasteiger partial charge in [-0.1, -0.05) is 13.8 Å². The van der Waals surface area contributed by atoms with Crippen molar-refractivity contribution >= 4 is 5.91 Å². The number of phenolic OH excluding ortho intramolecular Hbond substituents is 1. The van der Waals surface area contributed by atoms with Crippen LogP contribution in [0.5, 0.6) is 5.75 Å². The van der Waals surface area contributed by atoms with Crippen molar-refractivity contribution in [2.75, 3.05) is 7.05 Å². The monoisotopic (exact) mass is 207 g/mol. The van der Waals surface area contributed by atoms with Gasteiger partial charge in [0.25, 0.3) is 5.91 Å². The van der Waals surface area contributed by atoms with Crippen molar-refractivity contribution < 1.29 is 9.90 Å². The lowest BCUT2D eigenvalue weighted by molar-refractivity contribution is 0.0961. The Morgan fingerprint density at radius 2 is 2.00 bits per heavy atom. The minimum atomic E-state index is -0.101. The van der Waals surface area contributed by atoms with Crippen LogP contribution < -0.4 is 5.32 Å². The van der Waals surface area contributed by atoms with E-state index in [2.05, 4.69) is 5.32 Å². The second kappa shape index (κ2) is 4.34. The van der Waals surface area contributed by atoms with Crippen molar-refractivity contribution in [1.82, 2.24) is 5.32 Å². The van der Waals surface area contributed by atoms with Crippen LogP contribution in [0, 0.1) is 6.92 Å². The molecular formula is C12H17NO2. The smallest absolute Gasteiger partial charge is 0.251 e. The van der Waals surface area contributed by atoms with Crippen LogP contribution in [0.15, 0.2) is 12.1 Å². The number of aryl methyl sites for hydroxylation is 1. The van der Waals surface area contributed by atoms with Crippen molar-refractivity contribution in [1.29, 1.82) is 0 Å². The number of phenols is 1. The number of rotatable bonds is 2. The average Bonchev–Trinajstić information content (AvgIpc) is 2.15. The highest BCUT2D eigenvalue weighted by molar-refractivity contribution is 5.97. The van der Waals surface area contributed by atoms with Crippen molar-refractivity contribution in [3.8, 4) is 5.75 Å². The van der Waals surface area contributed by atoms with E-state index in [0.717, 1.165) is 11.1 Å². The van der Waals surface area contributed by atoms with Crippen LogP contribution in [0.4, 0.5) is 0 Å². The molecule has 3 nitrogen and oxygen atoms in total. The summed E-state index contributed by atoms with van der Waals surface area (Å²) in [5.74, 6) is 0.322. The first-order valence-corrected chi connectivity index (χ1v) is 5.03. The van der Waals surface area contributed by atoms with E-state index in [9.17, 15) is 9.90 Å². The SMILES string of the molecule is CNC(=O)c1c(C)cc(O)cc1C(C)C. The highest BCUT2D eigenvalue weighted by Gasteiger charge is 2.16. The molecule has 1 rings (SSSR count). The number of carbonyl (C=O) groups excluding carboxylic acids is 1. The Morgan fingerprint density at radius 1 is 1.40 bits per heavy atom. The number of aromatic hydroxyl groups is 1. The molecule has 0 heterocycles. The van der Waals surface area contributed by atoms with Crippen LogP contribution in [0.2, 0.25) is 0 Å². The van der Waals surface area contributed by atoms with Gasteiger partial charge < -0.3 is 10.4 Å². The zero-order chi connectivity index (χ0) is 11.6. The first-order valence-electron chi connectivity index (χ1n) is 5.03. The summed E-state index contributed by atoms with van der Waals surface area (Å²) in [4.78, 5) is 11.7. The van der Waals surface area contributed by atoms with Gasteiger partial charge in [0.15, 0.2) is 0 Å². The van der Waals surface area contributed by atoms with E-state index in [1.807, 2.05) is 20.8 Å². The molecule has 0 spiro atoms. The van der Waals surface area contributed by atoms with Gasteiger partial charge in [-0.25, -0.2) is 0 Å². The Bertz CT molecular complexity index is 383. The average molecular weight is 207 g/mol. The topological polar surface area (TPSA) is 49.3 Å². The molecule has 0 saturated heterocycles. The maximum atomic E-state index is 11.7. The summed E-state index contributed by atoms with van der Waals surface area (Å²) in [6, 6.07) is 3.26. The molecule has 3 heteroatoms. The molecule has 0 aliphatic carbocycles. The quantitative estimate of drug-likeness (QED) is 0.781. The van der Waals surface area contributed by atoms with Crippen molar-refractivity contribution in [3.63, 3.8) is 0 Å². The van der Waals surface area contributed by atoms with Crippen LogP contribution in [-0.4, -0.2) is 18.1 Å². The minimum Gasteiger partial charge on any atom is -0.508 e. The van der Waals surface area contributed by atoms with E-state index in [4.69, 9.17) is 0 Å². The van der Waals surface area contributed by atoms with Gasteiger partial charge in [0.05, 0.1) is 0 Å². The molecule has 0 atom stereocenters. The van der Waals surface area contributed by atoms with Crippen molar-refractivity contribution in [2.24, 2.45) is 0 Å². The highest BCUT2D eigenvalue weighted by Crippen LogP contribution is 2.27.